The first-order chi connectivity index (χ1) is 42.4. The van der Waals surface area contributed by atoms with Crippen molar-refractivity contribution in [2.75, 3.05) is 0 Å². The highest BCUT2D eigenvalue weighted by molar-refractivity contribution is 7.88. The largest absolute Gasteiger partial charge is 0.504 e. The third kappa shape index (κ3) is 9.04. The van der Waals surface area contributed by atoms with E-state index < -0.39 is 210 Å². The van der Waals surface area contributed by atoms with Crippen LogP contribution in [0.25, 0.3) is 79.7 Å². The molecule has 0 aromatic heterocycles. The molecule has 0 heterocycles. The maximum Gasteiger partial charge on any atom is 0.340 e. The lowest BCUT2D eigenvalue weighted by atomic mass is 9.72. The molecule has 10 rings (SSSR count). The van der Waals surface area contributed by atoms with E-state index in [2.05, 4.69) is 60.2 Å². The molecule has 0 saturated carbocycles. The van der Waals surface area contributed by atoms with Crippen LogP contribution in [-0.4, -0.2) is 75.3 Å². The Balaban J connectivity index is 1.38. The summed E-state index contributed by atoms with van der Waals surface area (Å²) < 4.78 is 112. The predicted molar refractivity (Wildman–Crippen MR) is 300 cm³/mol. The fourth-order valence-electron chi connectivity index (χ4n) is 11.9. The van der Waals surface area contributed by atoms with E-state index in [1.807, 2.05) is 0 Å². The molecule has 36 nitrogen and oxygen atoms in total. The van der Waals surface area contributed by atoms with E-state index in [0.717, 1.165) is 48.5 Å². The minimum Gasteiger partial charge on any atom is -0.504 e. The third-order valence-electron chi connectivity index (χ3n) is 15.1. The molecule has 5 aliphatic carbocycles. The summed E-state index contributed by atoms with van der Waals surface area (Å²) in [5.74, 6) is -17.1. The second-order valence-corrected chi connectivity index (χ2v) is 25.6. The minimum absolute atomic E-state index is 0.0509. The Kier molecular flexibility index (Phi) is 14.3. The number of rotatable bonds is 15. The lowest BCUT2D eigenvalue weighted by Crippen LogP contribution is -2.29. The number of fused-ring (bicyclic) bond motifs is 7. The number of Topliss-reactive ketones (excluding diaryl/α,β-unsaturated/α-hetero) is 6. The molecule has 0 bridgehead atoms. The molecule has 5 aromatic rings. The Hall–Kier alpha value is -12.2. The Morgan fingerprint density at radius 2 is 0.744 bits per heavy atom. The predicted octanol–water partition coefficient (Wildman–Crippen LogP) is 9.92. The van der Waals surface area contributed by atoms with E-state index >= 15 is 25.3 Å². The van der Waals surface area contributed by atoms with Gasteiger partial charge in [0.15, 0.2) is 23.0 Å². The zero-order valence-corrected chi connectivity index (χ0v) is 48.0. The standard InChI is InChI=1S/C51H30N18O18S3/c1-49(2)16-51(31-21(49)14-23(70)42(74)43(31)75)17-50(3,4)22-15-24(85-88(79,80)25-11-5-8-18-28(25)33(58-64-52)36(61-67-55)44(76)39(18)71)47(86-89(81,82)26-12-6-9-19-29(26)34(59-65-53)37(62-68-56)45(77)40(19)72)48(32(22)51)87-90(83,84)27-13-7-10-20-30(27)35(60-66-54)38(63-69-57)46(78)41(20)73/h5-15,70,74-75H,16-17H2,1-4H3. The van der Waals surface area contributed by atoms with Crippen LogP contribution in [0.5, 0.6) is 34.5 Å². The fourth-order valence-corrected chi connectivity index (χ4v) is 15.4. The Labute approximate surface area is 500 Å². The van der Waals surface area contributed by atoms with E-state index in [-0.39, 0.29) is 23.1 Å². The zero-order valence-electron chi connectivity index (χ0n) is 45.5. The van der Waals surface area contributed by atoms with Crippen molar-refractivity contribution in [2.45, 2.75) is 71.5 Å². The van der Waals surface area contributed by atoms with Crippen LogP contribution in [0.2, 0.25) is 0 Å². The fraction of sp³-hybridized carbons (Fsp3) is 0.176. The van der Waals surface area contributed by atoms with E-state index in [9.17, 15) is 77.3 Å². The van der Waals surface area contributed by atoms with Crippen LogP contribution >= 0.6 is 0 Å². The SMILES string of the molecule is CC1(C)CC2(CC(C)(C)c3cc(OS(=O)(=O)c4cccc5c4C(N=[N+]=[N-])=C(N=[N+]=[N-])C(=O)C5=O)c(OS(=O)(=O)c4cccc5c4C(N=[N+]=[N-])=C(N=[N+]=[N-])C(=O)C5=O)c(OS(=O)(=O)c4cccc5c4C(N=[N+]=[N-])=C(N=[N+]=[N-])C(=O)C5=O)c32)c2c1cc(O)c(O)c2O. The van der Waals surface area contributed by atoms with Crippen LogP contribution in [0.3, 0.4) is 0 Å². The van der Waals surface area contributed by atoms with Gasteiger partial charge >= 0.3 is 30.4 Å². The third-order valence-corrected chi connectivity index (χ3v) is 18.9. The highest BCUT2D eigenvalue weighted by Crippen LogP contribution is 2.70. The Bertz CT molecular complexity index is 5190. The van der Waals surface area contributed by atoms with Crippen molar-refractivity contribution in [2.24, 2.45) is 30.7 Å². The number of benzene rings is 5. The molecule has 3 N–H and O–H groups in total. The lowest BCUT2D eigenvalue weighted by molar-refractivity contribution is -0.112. The molecule has 5 aromatic carbocycles. The molecule has 0 amide bonds. The van der Waals surface area contributed by atoms with Crippen LogP contribution in [0.4, 0.5) is 0 Å². The van der Waals surface area contributed by atoms with Crippen molar-refractivity contribution in [3.05, 3.63) is 202 Å². The highest BCUT2D eigenvalue weighted by Gasteiger charge is 2.61. The van der Waals surface area contributed by atoms with Gasteiger partial charge in [0.05, 0.1) is 34.2 Å². The number of allylic oxidation sites excluding steroid dienone is 3. The van der Waals surface area contributed by atoms with E-state index in [1.165, 1.54) is 13.8 Å². The van der Waals surface area contributed by atoms with Crippen LogP contribution < -0.4 is 12.5 Å². The van der Waals surface area contributed by atoms with Crippen molar-refractivity contribution in [1.82, 2.24) is 0 Å². The summed E-state index contributed by atoms with van der Waals surface area (Å²) in [6.07, 6.45) is -0.746. The number of hydrogen-bond donors (Lipinski definition) is 3. The first kappa shape index (κ1) is 61.0. The quantitative estimate of drug-likeness (QED) is 0.0219. The normalized spacial score (nSPS) is 17.6. The summed E-state index contributed by atoms with van der Waals surface area (Å²) in [5, 5.41) is 53.9. The first-order valence-corrected chi connectivity index (χ1v) is 29.1. The monoisotopic (exact) mass is 1280 g/mol. The molecule has 0 aliphatic heterocycles. The molecule has 450 valence electrons. The average molecular weight is 1280 g/mol. The molecule has 0 fully saturated rings. The van der Waals surface area contributed by atoms with E-state index in [0.29, 0.717) is 18.2 Å². The maximum atomic E-state index is 15.8. The number of carbonyl (C=O) groups is 6. The van der Waals surface area contributed by atoms with Crippen molar-refractivity contribution in [3.8, 4) is 34.5 Å². The highest BCUT2D eigenvalue weighted by atomic mass is 32.2. The number of nitrogens with zero attached hydrogens (tertiary/aromatic N) is 18. The van der Waals surface area contributed by atoms with Gasteiger partial charge in [0.1, 0.15) is 14.7 Å². The van der Waals surface area contributed by atoms with Gasteiger partial charge in [-0.1, -0.05) is 94.8 Å². The lowest BCUT2D eigenvalue weighted by Gasteiger charge is -2.32. The van der Waals surface area contributed by atoms with Gasteiger partial charge < -0.3 is 27.9 Å². The molecular formula is C51H30N18O18S3. The Morgan fingerprint density at radius 1 is 0.422 bits per heavy atom. The maximum absolute atomic E-state index is 15.8. The minimum atomic E-state index is -6.14. The second kappa shape index (κ2) is 21.1. The summed E-state index contributed by atoms with van der Waals surface area (Å²) in [6.45, 7) is 6.06. The van der Waals surface area contributed by atoms with Crippen molar-refractivity contribution in [1.29, 1.82) is 0 Å². The molecule has 1 unspecified atom stereocenters. The van der Waals surface area contributed by atoms with Crippen LogP contribution in [0, 0.1) is 0 Å². The number of phenolic OH excluding ortho intramolecular Hbond substituents is 3. The average Bonchev–Trinajstić information content (AvgIpc) is 1.50. The smallest absolute Gasteiger partial charge is 0.340 e. The summed E-state index contributed by atoms with van der Waals surface area (Å²) in [4.78, 5) is 92.4. The topological polar surface area (TPSA) is 586 Å². The number of hydrogen-bond acceptors (Lipinski definition) is 24. The first-order valence-electron chi connectivity index (χ1n) is 24.9. The van der Waals surface area contributed by atoms with E-state index in [4.69, 9.17) is 12.5 Å². The van der Waals surface area contributed by atoms with Crippen molar-refractivity contribution in [3.63, 3.8) is 0 Å². The van der Waals surface area contributed by atoms with Gasteiger partial charge in [0, 0.05) is 79.4 Å². The molecule has 1 spiro atoms. The summed E-state index contributed by atoms with van der Waals surface area (Å²) in [6, 6.07) is 9.06. The number of carbonyl (C=O) groups excluding carboxylic acids is 6. The van der Waals surface area contributed by atoms with Crippen LogP contribution in [0.15, 0.2) is 129 Å². The number of ketones is 6. The number of aromatic hydroxyl groups is 3. The van der Waals surface area contributed by atoms with Gasteiger partial charge in [-0.15, -0.1) is 0 Å². The van der Waals surface area contributed by atoms with Crippen LogP contribution in [0.1, 0.15) is 111 Å². The van der Waals surface area contributed by atoms with Crippen molar-refractivity contribution < 1.29 is 81.9 Å². The second-order valence-electron chi connectivity index (χ2n) is 21.0. The summed E-state index contributed by atoms with van der Waals surface area (Å²) >= 11 is 0. The molecule has 5 aliphatic rings. The summed E-state index contributed by atoms with van der Waals surface area (Å²) in [7, 11) is -18.2. The van der Waals surface area contributed by atoms with E-state index in [1.54, 1.807) is 13.8 Å². The molecular weight excluding hydrogens is 1250 g/mol. The molecule has 90 heavy (non-hydrogen) atoms. The molecule has 0 radical (unpaired) electrons. The van der Waals surface area contributed by atoms with Gasteiger partial charge in [0.2, 0.25) is 46.2 Å². The molecule has 1 atom stereocenters. The van der Waals surface area contributed by atoms with Gasteiger partial charge in [-0.2, -0.15) is 25.3 Å². The van der Waals surface area contributed by atoms with Gasteiger partial charge in [-0.25, -0.2) is 0 Å². The number of azide groups is 6. The van der Waals surface area contributed by atoms with Gasteiger partial charge in [-0.05, 0) is 98.3 Å². The zero-order chi connectivity index (χ0) is 65.7. The number of phenols is 3. The molecule has 0 saturated heterocycles. The van der Waals surface area contributed by atoms with Crippen molar-refractivity contribution >= 4 is 82.1 Å². The van der Waals surface area contributed by atoms with Gasteiger partial charge in [-0.3, -0.25) is 28.8 Å². The molecule has 39 heteroatoms. The summed E-state index contributed by atoms with van der Waals surface area (Å²) in [5.41, 5.74) is 38.8. The Morgan fingerprint density at radius 3 is 1.10 bits per heavy atom. The van der Waals surface area contributed by atoms with Crippen LogP contribution in [-0.2, 0) is 61.0 Å². The van der Waals surface area contributed by atoms with Gasteiger partial charge in [0.25, 0.3) is 0 Å².